The maximum absolute atomic E-state index is 6.05. The van der Waals surface area contributed by atoms with E-state index < -0.39 is 0 Å². The van der Waals surface area contributed by atoms with E-state index in [4.69, 9.17) is 16.3 Å². The van der Waals surface area contributed by atoms with Gasteiger partial charge in [0.05, 0.1) is 12.6 Å². The minimum absolute atomic E-state index is 0.104. The summed E-state index contributed by atoms with van der Waals surface area (Å²) in [6.45, 7) is 4.72. The largest absolute Gasteiger partial charge is 0.494 e. The molecule has 0 amide bonds. The highest BCUT2D eigenvalue weighted by Crippen LogP contribution is 2.33. The molecule has 1 unspecified atom stereocenters. The van der Waals surface area contributed by atoms with Crippen LogP contribution in [0.5, 0.6) is 5.75 Å². The molecule has 112 valence electrons. The van der Waals surface area contributed by atoms with Gasteiger partial charge in [-0.25, -0.2) is 0 Å². The lowest BCUT2D eigenvalue weighted by Gasteiger charge is -2.21. The lowest BCUT2D eigenvalue weighted by molar-refractivity contribution is 0.340. The third kappa shape index (κ3) is 3.79. The molecule has 0 aliphatic rings. The van der Waals surface area contributed by atoms with Gasteiger partial charge in [0.1, 0.15) is 5.75 Å². The summed E-state index contributed by atoms with van der Waals surface area (Å²) in [6.07, 6.45) is 0. The second-order valence-corrected chi connectivity index (χ2v) is 6.13. The first-order valence-electron chi connectivity index (χ1n) is 6.92. The maximum atomic E-state index is 6.05. The maximum Gasteiger partial charge on any atom is 0.120 e. The van der Waals surface area contributed by atoms with Crippen molar-refractivity contribution in [1.29, 1.82) is 0 Å². The van der Waals surface area contributed by atoms with Crippen LogP contribution in [-0.2, 0) is 0 Å². The van der Waals surface area contributed by atoms with Crippen LogP contribution in [0.3, 0.4) is 0 Å². The van der Waals surface area contributed by atoms with Crippen molar-refractivity contribution in [3.05, 3.63) is 62.6 Å². The number of rotatable bonds is 5. The summed E-state index contributed by atoms with van der Waals surface area (Å²) in [4.78, 5) is 0. The number of aryl methyl sites for hydroxylation is 1. The highest BCUT2D eigenvalue weighted by Gasteiger charge is 2.17. The predicted octanol–water partition coefficient (Wildman–Crippen LogP) is 5.12. The Bertz CT molecular complexity index is 630. The number of ether oxygens (including phenoxy) is 1. The van der Waals surface area contributed by atoms with E-state index in [0.29, 0.717) is 6.61 Å². The summed E-state index contributed by atoms with van der Waals surface area (Å²) in [5, 5.41) is 4.13. The molecule has 2 aromatic carbocycles. The van der Waals surface area contributed by atoms with Crippen molar-refractivity contribution < 1.29 is 4.74 Å². The Morgan fingerprint density at radius 3 is 2.48 bits per heavy atom. The molecule has 0 aliphatic heterocycles. The van der Waals surface area contributed by atoms with Gasteiger partial charge in [0, 0.05) is 9.50 Å². The fourth-order valence-corrected chi connectivity index (χ4v) is 3.25. The second kappa shape index (κ2) is 7.30. The SMILES string of the molecule is CCOc1ccc(C(NC)c2ccc(Cl)cc2C)c(Br)c1. The molecule has 1 atom stereocenters. The Hall–Kier alpha value is -1.03. The molecule has 1 N–H and O–H groups in total. The van der Waals surface area contributed by atoms with E-state index in [0.717, 1.165) is 15.2 Å². The number of hydrogen-bond donors (Lipinski definition) is 1. The lowest BCUT2D eigenvalue weighted by atomic mass is 9.95. The van der Waals surface area contributed by atoms with Gasteiger partial charge in [-0.1, -0.05) is 39.7 Å². The first-order chi connectivity index (χ1) is 10.1. The smallest absolute Gasteiger partial charge is 0.120 e. The first kappa shape index (κ1) is 16.3. The molecule has 0 aromatic heterocycles. The first-order valence-corrected chi connectivity index (χ1v) is 8.09. The molecule has 0 bridgehead atoms. The van der Waals surface area contributed by atoms with Gasteiger partial charge in [0.2, 0.25) is 0 Å². The van der Waals surface area contributed by atoms with Crippen LogP contribution in [0.2, 0.25) is 5.02 Å². The average molecular weight is 369 g/mol. The molecule has 4 heteroatoms. The monoisotopic (exact) mass is 367 g/mol. The van der Waals surface area contributed by atoms with Crippen molar-refractivity contribution in [2.75, 3.05) is 13.7 Å². The predicted molar refractivity (Wildman–Crippen MR) is 92.4 cm³/mol. The fraction of sp³-hybridized carbons (Fsp3) is 0.294. The fourth-order valence-electron chi connectivity index (χ4n) is 2.44. The van der Waals surface area contributed by atoms with Gasteiger partial charge in [-0.15, -0.1) is 0 Å². The van der Waals surface area contributed by atoms with Crippen molar-refractivity contribution >= 4 is 27.5 Å². The van der Waals surface area contributed by atoms with Crippen LogP contribution in [-0.4, -0.2) is 13.7 Å². The van der Waals surface area contributed by atoms with Crippen molar-refractivity contribution in [1.82, 2.24) is 5.32 Å². The van der Waals surface area contributed by atoms with E-state index in [-0.39, 0.29) is 6.04 Å². The zero-order valence-corrected chi connectivity index (χ0v) is 14.8. The third-order valence-corrected chi connectivity index (χ3v) is 4.35. The molecule has 2 rings (SSSR count). The number of hydrogen-bond acceptors (Lipinski definition) is 2. The summed E-state index contributed by atoms with van der Waals surface area (Å²) in [6, 6.07) is 12.2. The normalized spacial score (nSPS) is 12.2. The zero-order chi connectivity index (χ0) is 15.4. The zero-order valence-electron chi connectivity index (χ0n) is 12.4. The number of halogens is 2. The second-order valence-electron chi connectivity index (χ2n) is 4.84. The highest BCUT2D eigenvalue weighted by atomic mass is 79.9. The summed E-state index contributed by atoms with van der Waals surface area (Å²) in [7, 11) is 1.96. The Balaban J connectivity index is 2.41. The minimum Gasteiger partial charge on any atom is -0.494 e. The molecule has 0 saturated heterocycles. The van der Waals surface area contributed by atoms with E-state index in [1.54, 1.807) is 0 Å². The van der Waals surface area contributed by atoms with Gasteiger partial charge < -0.3 is 10.1 Å². The van der Waals surface area contributed by atoms with Crippen LogP contribution in [0.1, 0.15) is 29.7 Å². The molecule has 0 heterocycles. The minimum atomic E-state index is 0.104. The van der Waals surface area contributed by atoms with Gasteiger partial charge in [0.15, 0.2) is 0 Å². The number of nitrogens with one attached hydrogen (secondary N) is 1. The Morgan fingerprint density at radius 1 is 1.19 bits per heavy atom. The van der Waals surface area contributed by atoms with E-state index in [2.05, 4.69) is 40.3 Å². The third-order valence-electron chi connectivity index (χ3n) is 3.43. The van der Waals surface area contributed by atoms with Gasteiger partial charge in [-0.3, -0.25) is 0 Å². The van der Waals surface area contributed by atoms with E-state index in [1.165, 1.54) is 16.7 Å². The summed E-state index contributed by atoms with van der Waals surface area (Å²) in [5.41, 5.74) is 3.56. The molecule has 0 saturated carbocycles. The van der Waals surface area contributed by atoms with E-state index in [1.807, 2.05) is 38.2 Å². The van der Waals surface area contributed by atoms with Crippen molar-refractivity contribution in [2.24, 2.45) is 0 Å². The van der Waals surface area contributed by atoms with Gasteiger partial charge in [-0.2, -0.15) is 0 Å². The summed E-state index contributed by atoms with van der Waals surface area (Å²) >= 11 is 9.70. The molecule has 0 radical (unpaired) electrons. The van der Waals surface area contributed by atoms with Crippen LogP contribution in [0.4, 0.5) is 0 Å². The van der Waals surface area contributed by atoms with Gasteiger partial charge >= 0.3 is 0 Å². The van der Waals surface area contributed by atoms with Crippen LogP contribution in [0, 0.1) is 6.92 Å². The Labute approximate surface area is 139 Å². The molecular formula is C17H19BrClNO. The molecule has 0 aliphatic carbocycles. The Morgan fingerprint density at radius 2 is 1.90 bits per heavy atom. The number of benzene rings is 2. The van der Waals surface area contributed by atoms with Crippen molar-refractivity contribution in [3.8, 4) is 5.75 Å². The summed E-state index contributed by atoms with van der Waals surface area (Å²) < 4.78 is 6.56. The van der Waals surface area contributed by atoms with E-state index >= 15 is 0 Å². The van der Waals surface area contributed by atoms with Crippen molar-refractivity contribution in [3.63, 3.8) is 0 Å². The van der Waals surface area contributed by atoms with Crippen LogP contribution in [0.15, 0.2) is 40.9 Å². The standard InChI is InChI=1S/C17H19BrClNO/c1-4-21-13-6-8-15(16(18)10-13)17(20-3)14-7-5-12(19)9-11(14)2/h5-10,17,20H,4H2,1-3H3. The topological polar surface area (TPSA) is 21.3 Å². The molecule has 0 spiro atoms. The Kier molecular flexibility index (Phi) is 5.68. The quantitative estimate of drug-likeness (QED) is 0.791. The van der Waals surface area contributed by atoms with Crippen LogP contribution in [0.25, 0.3) is 0 Å². The molecule has 21 heavy (non-hydrogen) atoms. The molecule has 2 aromatic rings. The van der Waals surface area contributed by atoms with Gasteiger partial charge in [-0.05, 0) is 61.9 Å². The highest BCUT2D eigenvalue weighted by molar-refractivity contribution is 9.10. The van der Waals surface area contributed by atoms with E-state index in [9.17, 15) is 0 Å². The van der Waals surface area contributed by atoms with Crippen molar-refractivity contribution in [2.45, 2.75) is 19.9 Å². The molecule has 2 nitrogen and oxygen atoms in total. The van der Waals surface area contributed by atoms with Crippen LogP contribution >= 0.6 is 27.5 Å². The molecular weight excluding hydrogens is 350 g/mol. The lowest BCUT2D eigenvalue weighted by Crippen LogP contribution is -2.19. The summed E-state index contributed by atoms with van der Waals surface area (Å²) in [5.74, 6) is 0.871. The van der Waals surface area contributed by atoms with Crippen LogP contribution < -0.4 is 10.1 Å². The van der Waals surface area contributed by atoms with Gasteiger partial charge in [0.25, 0.3) is 0 Å². The average Bonchev–Trinajstić information content (AvgIpc) is 2.44. The molecule has 0 fully saturated rings.